The number of Topliss-reactive ketones (excluding diaryl/α,β-unsaturated/α-hetero) is 1. The Hall–Kier alpha value is -2.47. The van der Waals surface area contributed by atoms with Crippen LogP contribution in [-0.4, -0.2) is 41.6 Å². The quantitative estimate of drug-likeness (QED) is 0.186. The Morgan fingerprint density at radius 2 is 1.56 bits per heavy atom. The normalized spacial score (nSPS) is 31.5. The molecule has 7 heteroatoms. The number of ether oxygens (including phenoxy) is 1. The van der Waals surface area contributed by atoms with Crippen molar-refractivity contribution in [1.29, 1.82) is 0 Å². The summed E-state index contributed by atoms with van der Waals surface area (Å²) < 4.78 is 5.06. The predicted octanol–water partition coefficient (Wildman–Crippen LogP) is 3.68. The van der Waals surface area contributed by atoms with E-state index in [-0.39, 0.29) is 54.3 Å². The summed E-state index contributed by atoms with van der Waals surface area (Å²) >= 11 is 5.80. The zero-order valence-corrected chi connectivity index (χ0v) is 18.5. The van der Waals surface area contributed by atoms with E-state index in [0.717, 1.165) is 6.42 Å². The molecule has 168 valence electrons. The molecule has 2 bridgehead atoms. The number of unbranched alkanes of at least 4 members (excludes halogenated alkanes) is 2. The van der Waals surface area contributed by atoms with E-state index in [1.54, 1.807) is 24.3 Å². The molecule has 1 aliphatic heterocycles. The fraction of sp³-hybridized carbons (Fsp3) is 0.520. The maximum atomic E-state index is 12.9. The van der Waals surface area contributed by atoms with Crippen molar-refractivity contribution in [2.75, 3.05) is 13.2 Å². The highest BCUT2D eigenvalue weighted by atomic mass is 35.5. The molecule has 3 fully saturated rings. The number of hydrogen-bond acceptors (Lipinski definition) is 5. The van der Waals surface area contributed by atoms with Gasteiger partial charge in [0.1, 0.15) is 0 Å². The van der Waals surface area contributed by atoms with Gasteiger partial charge >= 0.3 is 5.97 Å². The number of nitrogens with zero attached hydrogens (tertiary/aromatic N) is 1. The zero-order valence-electron chi connectivity index (χ0n) is 17.7. The van der Waals surface area contributed by atoms with Crippen molar-refractivity contribution in [3.63, 3.8) is 0 Å². The maximum absolute atomic E-state index is 12.9. The van der Waals surface area contributed by atoms with E-state index in [2.05, 4.69) is 12.2 Å². The summed E-state index contributed by atoms with van der Waals surface area (Å²) in [6.45, 7) is 0.127. The molecule has 6 unspecified atom stereocenters. The molecular formula is C25H26ClNO5. The van der Waals surface area contributed by atoms with Crippen molar-refractivity contribution >= 4 is 35.2 Å². The molecule has 2 amide bonds. The van der Waals surface area contributed by atoms with Crippen molar-refractivity contribution in [3.05, 3.63) is 47.0 Å². The highest BCUT2D eigenvalue weighted by Gasteiger charge is 2.66. The van der Waals surface area contributed by atoms with E-state index in [4.69, 9.17) is 16.3 Å². The lowest BCUT2D eigenvalue weighted by molar-refractivity contribution is -0.143. The molecule has 2 saturated carbocycles. The monoisotopic (exact) mass is 455 g/mol. The number of imide groups is 1. The van der Waals surface area contributed by atoms with Gasteiger partial charge in [0.15, 0.2) is 12.4 Å². The largest absolute Gasteiger partial charge is 0.457 e. The third-order valence-electron chi connectivity index (χ3n) is 7.55. The van der Waals surface area contributed by atoms with Crippen molar-refractivity contribution < 1.29 is 23.9 Å². The maximum Gasteiger partial charge on any atom is 0.306 e. The van der Waals surface area contributed by atoms with Crippen molar-refractivity contribution in [2.24, 2.45) is 35.5 Å². The first-order valence-electron chi connectivity index (χ1n) is 11.4. The van der Waals surface area contributed by atoms with Crippen LogP contribution in [0.3, 0.4) is 0 Å². The Kier molecular flexibility index (Phi) is 5.66. The second kappa shape index (κ2) is 8.47. The summed E-state index contributed by atoms with van der Waals surface area (Å²) in [4.78, 5) is 51.3. The van der Waals surface area contributed by atoms with Gasteiger partial charge in [0, 0.05) is 23.6 Å². The highest BCUT2D eigenvalue weighted by Crippen LogP contribution is 2.65. The second-order valence-corrected chi connectivity index (χ2v) is 9.82. The Morgan fingerprint density at radius 1 is 0.938 bits per heavy atom. The molecule has 0 radical (unpaired) electrons. The molecule has 0 N–H and O–H groups in total. The number of allylic oxidation sites excluding steroid dienone is 2. The van der Waals surface area contributed by atoms with Crippen LogP contribution in [-0.2, 0) is 19.1 Å². The van der Waals surface area contributed by atoms with E-state index in [9.17, 15) is 19.2 Å². The van der Waals surface area contributed by atoms with Gasteiger partial charge in [0.25, 0.3) is 0 Å². The minimum atomic E-state index is -0.423. The van der Waals surface area contributed by atoms with Crippen LogP contribution in [0.15, 0.2) is 36.4 Å². The number of rotatable bonds is 9. The Balaban J connectivity index is 1.02. The van der Waals surface area contributed by atoms with E-state index >= 15 is 0 Å². The smallest absolute Gasteiger partial charge is 0.306 e. The van der Waals surface area contributed by atoms with Gasteiger partial charge in [0.2, 0.25) is 11.8 Å². The molecule has 4 aliphatic carbocycles. The van der Waals surface area contributed by atoms with Crippen molar-refractivity contribution in [3.8, 4) is 0 Å². The van der Waals surface area contributed by atoms with Crippen LogP contribution < -0.4 is 0 Å². The van der Waals surface area contributed by atoms with E-state index in [0.29, 0.717) is 48.2 Å². The van der Waals surface area contributed by atoms with Gasteiger partial charge < -0.3 is 4.74 Å². The highest BCUT2D eigenvalue weighted by molar-refractivity contribution is 6.30. The lowest BCUT2D eigenvalue weighted by Gasteiger charge is -2.37. The van der Waals surface area contributed by atoms with Gasteiger partial charge in [-0.3, -0.25) is 24.1 Å². The van der Waals surface area contributed by atoms with Crippen LogP contribution >= 0.6 is 11.6 Å². The van der Waals surface area contributed by atoms with E-state index < -0.39 is 5.97 Å². The van der Waals surface area contributed by atoms with Gasteiger partial charge in [-0.15, -0.1) is 0 Å². The molecule has 1 heterocycles. The molecule has 32 heavy (non-hydrogen) atoms. The van der Waals surface area contributed by atoms with Gasteiger partial charge in [-0.25, -0.2) is 0 Å². The van der Waals surface area contributed by atoms with Crippen molar-refractivity contribution in [2.45, 2.75) is 32.1 Å². The number of halogens is 1. The first kappa shape index (κ1) is 21.4. The standard InChI is InChI=1S/C25H26ClNO5/c26-15-7-5-14(6-8-15)20(28)13-32-21(29)4-2-1-3-11-27-24(30)22-16-9-10-17(19-12-18(16)19)23(22)25(27)31/h5-10,16-19,22-23H,1-4,11-13H2. The van der Waals surface area contributed by atoms with Crippen LogP contribution in [0.25, 0.3) is 0 Å². The molecule has 0 spiro atoms. The van der Waals surface area contributed by atoms with Crippen molar-refractivity contribution in [1.82, 2.24) is 4.90 Å². The summed E-state index contributed by atoms with van der Waals surface area (Å²) in [7, 11) is 0. The number of likely N-dealkylation sites (tertiary alicyclic amines) is 1. The fourth-order valence-electron chi connectivity index (χ4n) is 5.89. The second-order valence-electron chi connectivity index (χ2n) is 9.38. The van der Waals surface area contributed by atoms with Crippen LogP contribution in [0.5, 0.6) is 0 Å². The Bertz CT molecular complexity index is 951. The molecule has 6 atom stereocenters. The minimum Gasteiger partial charge on any atom is -0.457 e. The summed E-state index contributed by atoms with van der Waals surface area (Å²) in [6.07, 6.45) is 7.70. The molecule has 6 nitrogen and oxygen atoms in total. The average molecular weight is 456 g/mol. The number of carbonyl (C=O) groups excluding carboxylic acids is 4. The summed E-state index contributed by atoms with van der Waals surface area (Å²) in [5.74, 6) is 0.750. The first-order valence-corrected chi connectivity index (χ1v) is 11.8. The lowest BCUT2D eigenvalue weighted by atomic mass is 9.63. The van der Waals surface area contributed by atoms with Gasteiger partial charge in [-0.2, -0.15) is 0 Å². The summed E-state index contributed by atoms with van der Waals surface area (Å²) in [5.41, 5.74) is 0.448. The first-order chi connectivity index (χ1) is 15.5. The lowest BCUT2D eigenvalue weighted by Crippen LogP contribution is -2.40. The van der Waals surface area contributed by atoms with Gasteiger partial charge in [-0.1, -0.05) is 30.2 Å². The Morgan fingerprint density at radius 3 is 2.19 bits per heavy atom. The molecule has 0 aromatic heterocycles. The molecule has 1 aromatic rings. The Labute approximate surface area is 191 Å². The fourth-order valence-corrected chi connectivity index (χ4v) is 6.02. The third-order valence-corrected chi connectivity index (χ3v) is 7.80. The molecule has 5 aliphatic rings. The number of benzene rings is 1. The van der Waals surface area contributed by atoms with Gasteiger partial charge in [0.05, 0.1) is 11.8 Å². The minimum absolute atomic E-state index is 0.00446. The van der Waals surface area contributed by atoms with E-state index in [1.165, 1.54) is 4.90 Å². The number of ketones is 1. The van der Waals surface area contributed by atoms with Crippen LogP contribution in [0.1, 0.15) is 42.5 Å². The molecule has 1 aromatic carbocycles. The zero-order chi connectivity index (χ0) is 22.4. The summed E-state index contributed by atoms with van der Waals surface area (Å²) in [5, 5.41) is 0.537. The van der Waals surface area contributed by atoms with Crippen LogP contribution in [0.2, 0.25) is 5.02 Å². The third kappa shape index (κ3) is 3.79. The predicted molar refractivity (Wildman–Crippen MR) is 117 cm³/mol. The van der Waals surface area contributed by atoms with Crippen LogP contribution in [0, 0.1) is 35.5 Å². The number of esters is 1. The molecular weight excluding hydrogens is 430 g/mol. The van der Waals surface area contributed by atoms with E-state index in [1.807, 2.05) is 0 Å². The number of amides is 2. The topological polar surface area (TPSA) is 80.8 Å². The van der Waals surface area contributed by atoms with Crippen LogP contribution in [0.4, 0.5) is 0 Å². The average Bonchev–Trinajstić information content (AvgIpc) is 3.57. The SMILES string of the molecule is O=C(CCCCCN1C(=O)C2C3C=CC(C4CC34)C2C1=O)OCC(=O)c1ccc(Cl)cc1. The summed E-state index contributed by atoms with van der Waals surface area (Å²) in [6, 6.07) is 6.43. The molecule has 6 rings (SSSR count). The number of hydrogen-bond donors (Lipinski definition) is 0. The molecule has 1 saturated heterocycles. The van der Waals surface area contributed by atoms with Gasteiger partial charge in [-0.05, 0) is 67.2 Å². The number of carbonyl (C=O) groups is 4.